The van der Waals surface area contributed by atoms with E-state index in [1.54, 1.807) is 6.07 Å². The number of primary amides is 1. The van der Waals surface area contributed by atoms with Gasteiger partial charge in [-0.2, -0.15) is 0 Å². The predicted octanol–water partition coefficient (Wildman–Crippen LogP) is 0.294. The minimum atomic E-state index is -0.948. The molecule has 0 aliphatic heterocycles. The summed E-state index contributed by atoms with van der Waals surface area (Å²) in [7, 11) is 0. The zero-order valence-corrected chi connectivity index (χ0v) is 10.8. The Balaban J connectivity index is 2.67. The Kier molecular flexibility index (Phi) is 4.59. The summed E-state index contributed by atoms with van der Waals surface area (Å²) in [4.78, 5) is 26.2. The highest BCUT2D eigenvalue weighted by molar-refractivity contribution is 9.10. The third kappa shape index (κ3) is 4.12. The molecule has 0 bridgehead atoms. The lowest BCUT2D eigenvalue weighted by Crippen LogP contribution is -2.39. The number of hydrogen-bond acceptors (Lipinski definition) is 4. The summed E-state index contributed by atoms with van der Waals surface area (Å²) >= 11 is 3.25. The Hall–Kier alpha value is -1.47. The molecule has 0 saturated heterocycles. The first-order valence-corrected chi connectivity index (χ1v) is 5.66. The molecular weight excluding hydrogens is 288 g/mol. The highest BCUT2D eigenvalue weighted by atomic mass is 79.9. The number of nitrogens with zero attached hydrogens (tertiary/aromatic N) is 1. The van der Waals surface area contributed by atoms with Gasteiger partial charge < -0.3 is 16.8 Å². The maximum Gasteiger partial charge on any atom is 0.241 e. The number of halogens is 1. The molecule has 1 heterocycles. The summed E-state index contributed by atoms with van der Waals surface area (Å²) in [5.74, 6) is -1.08. The number of hydrogen-bond donors (Lipinski definition) is 3. The molecule has 5 N–H and O–H groups in total. The number of amides is 2. The second-order valence-electron chi connectivity index (χ2n) is 3.60. The lowest BCUT2D eigenvalue weighted by atomic mass is 10.2. The van der Waals surface area contributed by atoms with E-state index in [0.717, 1.165) is 5.56 Å². The number of anilines is 1. The molecule has 0 fully saturated rings. The van der Waals surface area contributed by atoms with Crippen molar-refractivity contribution in [3.63, 3.8) is 0 Å². The average Bonchev–Trinajstić information content (AvgIpc) is 2.22. The van der Waals surface area contributed by atoms with Crippen molar-refractivity contribution < 1.29 is 9.59 Å². The number of aryl methyl sites for hydroxylation is 1. The molecule has 0 aliphatic rings. The van der Waals surface area contributed by atoms with E-state index >= 15 is 0 Å². The van der Waals surface area contributed by atoms with Crippen molar-refractivity contribution in [2.45, 2.75) is 19.4 Å². The normalized spacial score (nSPS) is 11.9. The van der Waals surface area contributed by atoms with Crippen molar-refractivity contribution in [3.8, 4) is 0 Å². The minimum absolute atomic E-state index is 0.186. The van der Waals surface area contributed by atoms with Gasteiger partial charge in [0.15, 0.2) is 0 Å². The van der Waals surface area contributed by atoms with Crippen LogP contribution in [-0.4, -0.2) is 22.8 Å². The summed E-state index contributed by atoms with van der Waals surface area (Å²) < 4.78 is 0.705. The van der Waals surface area contributed by atoms with E-state index in [-0.39, 0.29) is 6.42 Å². The molecule has 0 radical (unpaired) electrons. The Morgan fingerprint density at radius 2 is 2.24 bits per heavy atom. The highest BCUT2D eigenvalue weighted by Crippen LogP contribution is 2.16. The fourth-order valence-corrected chi connectivity index (χ4v) is 1.39. The van der Waals surface area contributed by atoms with Gasteiger partial charge in [-0.25, -0.2) is 4.98 Å². The fourth-order valence-electron chi connectivity index (χ4n) is 1.17. The van der Waals surface area contributed by atoms with Crippen LogP contribution in [0, 0.1) is 6.92 Å². The van der Waals surface area contributed by atoms with Crippen LogP contribution in [0.4, 0.5) is 5.69 Å². The number of nitrogens with one attached hydrogen (secondary N) is 1. The third-order valence-corrected chi connectivity index (χ3v) is 2.87. The summed E-state index contributed by atoms with van der Waals surface area (Å²) in [5.41, 5.74) is 11.8. The van der Waals surface area contributed by atoms with Crippen LogP contribution < -0.4 is 16.8 Å². The summed E-state index contributed by atoms with van der Waals surface area (Å²) in [6.45, 7) is 1.84. The molecule has 1 rings (SSSR count). The molecule has 2 amide bonds. The van der Waals surface area contributed by atoms with Gasteiger partial charge in [0.2, 0.25) is 11.8 Å². The monoisotopic (exact) mass is 300 g/mol. The maximum atomic E-state index is 11.6. The lowest BCUT2D eigenvalue weighted by Gasteiger charge is -2.10. The van der Waals surface area contributed by atoms with Crippen LogP contribution in [0.5, 0.6) is 0 Å². The number of nitrogens with two attached hydrogens (primary N) is 2. The van der Waals surface area contributed by atoms with Crippen LogP contribution in [0.15, 0.2) is 16.9 Å². The molecule has 0 aromatic carbocycles. The standard InChI is InChI=1S/C10H13BrN4O2/c1-5-2-6(4-14-9(5)11)15-10(17)7(12)3-8(13)16/h2,4,7H,3,12H2,1H3,(H2,13,16)(H,15,17). The lowest BCUT2D eigenvalue weighted by molar-refractivity contribution is -0.123. The number of carbonyl (C=O) groups is 2. The number of rotatable bonds is 4. The molecule has 0 saturated carbocycles. The molecule has 1 aromatic rings. The van der Waals surface area contributed by atoms with Crippen molar-refractivity contribution in [1.29, 1.82) is 0 Å². The van der Waals surface area contributed by atoms with Gasteiger partial charge in [-0.3, -0.25) is 9.59 Å². The first-order valence-electron chi connectivity index (χ1n) is 4.87. The van der Waals surface area contributed by atoms with Gasteiger partial charge in [0.05, 0.1) is 24.3 Å². The zero-order chi connectivity index (χ0) is 13.0. The fraction of sp³-hybridized carbons (Fsp3) is 0.300. The maximum absolute atomic E-state index is 11.6. The second-order valence-corrected chi connectivity index (χ2v) is 4.35. The Morgan fingerprint density at radius 1 is 1.59 bits per heavy atom. The SMILES string of the molecule is Cc1cc(NC(=O)C(N)CC(N)=O)cnc1Br. The van der Waals surface area contributed by atoms with E-state index < -0.39 is 17.9 Å². The number of carbonyl (C=O) groups excluding carboxylic acids is 2. The molecular formula is C10H13BrN4O2. The van der Waals surface area contributed by atoms with Crippen LogP contribution in [0.2, 0.25) is 0 Å². The molecule has 17 heavy (non-hydrogen) atoms. The summed E-state index contributed by atoms with van der Waals surface area (Å²) in [6.07, 6.45) is 1.31. The van der Waals surface area contributed by atoms with Crippen LogP contribution in [0.1, 0.15) is 12.0 Å². The van der Waals surface area contributed by atoms with Crippen molar-refractivity contribution >= 4 is 33.4 Å². The van der Waals surface area contributed by atoms with Gasteiger partial charge in [0, 0.05) is 0 Å². The minimum Gasteiger partial charge on any atom is -0.370 e. The highest BCUT2D eigenvalue weighted by Gasteiger charge is 2.16. The van der Waals surface area contributed by atoms with Crippen molar-refractivity contribution in [2.75, 3.05) is 5.32 Å². The Morgan fingerprint density at radius 3 is 2.76 bits per heavy atom. The molecule has 92 valence electrons. The summed E-state index contributed by atoms with van der Waals surface area (Å²) in [6, 6.07) is 0.794. The molecule has 0 aliphatic carbocycles. The van der Waals surface area contributed by atoms with Crippen molar-refractivity contribution in [3.05, 3.63) is 22.4 Å². The van der Waals surface area contributed by atoms with Crippen molar-refractivity contribution in [2.24, 2.45) is 11.5 Å². The Labute approximate surface area is 107 Å². The van der Waals surface area contributed by atoms with E-state index in [1.807, 2.05) is 6.92 Å². The van der Waals surface area contributed by atoms with Gasteiger partial charge in [-0.1, -0.05) is 0 Å². The zero-order valence-electron chi connectivity index (χ0n) is 9.24. The average molecular weight is 301 g/mol. The molecule has 1 unspecified atom stereocenters. The van der Waals surface area contributed by atoms with Crippen LogP contribution in [0.25, 0.3) is 0 Å². The van der Waals surface area contributed by atoms with E-state index in [4.69, 9.17) is 11.5 Å². The van der Waals surface area contributed by atoms with Gasteiger partial charge in [-0.05, 0) is 34.5 Å². The first-order chi connectivity index (χ1) is 7.90. The Bertz CT molecular complexity index is 450. The number of aromatic nitrogens is 1. The van der Waals surface area contributed by atoms with Crippen LogP contribution in [-0.2, 0) is 9.59 Å². The smallest absolute Gasteiger partial charge is 0.241 e. The second kappa shape index (κ2) is 5.74. The molecule has 6 nitrogen and oxygen atoms in total. The summed E-state index contributed by atoms with van der Waals surface area (Å²) in [5, 5.41) is 2.56. The molecule has 7 heteroatoms. The largest absolute Gasteiger partial charge is 0.370 e. The van der Waals surface area contributed by atoms with E-state index in [1.165, 1.54) is 6.20 Å². The van der Waals surface area contributed by atoms with Crippen LogP contribution >= 0.6 is 15.9 Å². The van der Waals surface area contributed by atoms with E-state index in [2.05, 4.69) is 26.2 Å². The van der Waals surface area contributed by atoms with Gasteiger partial charge >= 0.3 is 0 Å². The predicted molar refractivity (Wildman–Crippen MR) is 67.1 cm³/mol. The van der Waals surface area contributed by atoms with Gasteiger partial charge in [-0.15, -0.1) is 0 Å². The van der Waals surface area contributed by atoms with Crippen LogP contribution in [0.3, 0.4) is 0 Å². The topological polar surface area (TPSA) is 111 Å². The van der Waals surface area contributed by atoms with E-state index in [9.17, 15) is 9.59 Å². The first kappa shape index (κ1) is 13.6. The van der Waals surface area contributed by atoms with Gasteiger partial charge in [0.1, 0.15) is 4.60 Å². The molecule has 1 aromatic heterocycles. The molecule has 0 spiro atoms. The number of pyridine rings is 1. The quantitative estimate of drug-likeness (QED) is 0.694. The third-order valence-electron chi connectivity index (χ3n) is 2.04. The van der Waals surface area contributed by atoms with Crippen molar-refractivity contribution in [1.82, 2.24) is 4.98 Å². The molecule has 1 atom stereocenters. The van der Waals surface area contributed by atoms with E-state index in [0.29, 0.717) is 10.3 Å². The van der Waals surface area contributed by atoms with Gasteiger partial charge in [0.25, 0.3) is 0 Å².